The number of aliphatic imine (C=N–C) groups is 1. The average Bonchev–Trinajstić information content (AvgIpc) is 2.76. The summed E-state index contributed by atoms with van der Waals surface area (Å²) in [5.41, 5.74) is 1.39. The van der Waals surface area contributed by atoms with Crippen molar-refractivity contribution in [2.75, 3.05) is 13.7 Å². The molecule has 0 unspecified atom stereocenters. The molecule has 1 N–H and O–H groups in total. The predicted octanol–water partition coefficient (Wildman–Crippen LogP) is 2.25. The molecule has 0 radical (unpaired) electrons. The number of nitrogens with zero attached hydrogens (tertiary/aromatic N) is 1. The van der Waals surface area contributed by atoms with Gasteiger partial charge in [0, 0.05) is 24.0 Å². The molecular formula is C17H20N2O3. The van der Waals surface area contributed by atoms with Crippen LogP contribution in [0.4, 0.5) is 0 Å². The van der Waals surface area contributed by atoms with Gasteiger partial charge in [0.15, 0.2) is 0 Å². The van der Waals surface area contributed by atoms with Gasteiger partial charge in [-0.05, 0) is 37.6 Å². The zero-order valence-corrected chi connectivity index (χ0v) is 12.8. The molecule has 116 valence electrons. The maximum absolute atomic E-state index is 12.0. The summed E-state index contributed by atoms with van der Waals surface area (Å²) in [6, 6.07) is 0. The van der Waals surface area contributed by atoms with Gasteiger partial charge in [0.1, 0.15) is 0 Å². The molecule has 0 saturated carbocycles. The Balaban J connectivity index is 2.61. The fourth-order valence-electron chi connectivity index (χ4n) is 1.60. The second-order valence-electron chi connectivity index (χ2n) is 4.37. The Morgan fingerprint density at radius 1 is 1.41 bits per heavy atom. The van der Waals surface area contributed by atoms with E-state index in [-0.39, 0.29) is 5.91 Å². The highest BCUT2D eigenvalue weighted by atomic mass is 16.5. The van der Waals surface area contributed by atoms with Gasteiger partial charge in [0.05, 0.1) is 12.7 Å². The number of carbonyl (C=O) groups is 2. The third-order valence-electron chi connectivity index (χ3n) is 2.76. The molecule has 0 bridgehead atoms. The number of nitrogens with one attached hydrogen (secondary N) is 1. The lowest BCUT2D eigenvalue weighted by atomic mass is 10.2. The molecule has 0 aromatic carbocycles. The summed E-state index contributed by atoms with van der Waals surface area (Å²) in [4.78, 5) is 27.4. The number of methoxy groups -OCH3 is 1. The second kappa shape index (κ2) is 9.28. The fourth-order valence-corrected chi connectivity index (χ4v) is 1.60. The van der Waals surface area contributed by atoms with Crippen molar-refractivity contribution in [1.82, 2.24) is 5.32 Å². The summed E-state index contributed by atoms with van der Waals surface area (Å²) in [6.07, 6.45) is 12.2. The minimum Gasteiger partial charge on any atom is -0.465 e. The van der Waals surface area contributed by atoms with Crippen molar-refractivity contribution in [1.29, 1.82) is 0 Å². The largest absolute Gasteiger partial charge is 0.465 e. The van der Waals surface area contributed by atoms with E-state index in [1.807, 2.05) is 6.92 Å². The molecule has 0 aliphatic heterocycles. The van der Waals surface area contributed by atoms with E-state index in [4.69, 9.17) is 0 Å². The fraction of sp³-hybridized carbons (Fsp3) is 0.235. The van der Waals surface area contributed by atoms with Crippen LogP contribution in [0.1, 0.15) is 13.3 Å². The normalized spacial score (nSPS) is 14.5. The molecule has 22 heavy (non-hydrogen) atoms. The quantitative estimate of drug-likeness (QED) is 0.354. The summed E-state index contributed by atoms with van der Waals surface area (Å²) in [7, 11) is 1.33. The van der Waals surface area contributed by atoms with Gasteiger partial charge < -0.3 is 10.1 Å². The standard InChI is InChI=1S/C17H20N2O3/c1-4-18-12-6-7-13(2)16(20)19-15-9-5-8-14(10-11-15)17(21)22-3/h6-12H,2,4-5H2,1,3H3,(H,19,20)/b7-6-,18-12-. The van der Waals surface area contributed by atoms with Gasteiger partial charge in [-0.25, -0.2) is 4.79 Å². The molecule has 0 heterocycles. The van der Waals surface area contributed by atoms with E-state index in [1.165, 1.54) is 7.11 Å². The first-order valence-corrected chi connectivity index (χ1v) is 6.92. The first-order valence-electron chi connectivity index (χ1n) is 6.92. The number of carbonyl (C=O) groups excluding carboxylic acids is 2. The molecular weight excluding hydrogens is 280 g/mol. The topological polar surface area (TPSA) is 67.8 Å². The van der Waals surface area contributed by atoms with E-state index in [1.54, 1.807) is 42.7 Å². The van der Waals surface area contributed by atoms with E-state index < -0.39 is 5.97 Å². The minimum atomic E-state index is -0.403. The number of esters is 1. The molecule has 1 amide bonds. The smallest absolute Gasteiger partial charge is 0.337 e. The highest BCUT2D eigenvalue weighted by Crippen LogP contribution is 2.10. The Hall–Kier alpha value is -2.69. The third kappa shape index (κ3) is 5.75. The number of allylic oxidation sites excluding steroid dienone is 4. The molecule has 0 fully saturated rings. The van der Waals surface area contributed by atoms with E-state index in [2.05, 4.69) is 21.6 Å². The van der Waals surface area contributed by atoms with Crippen molar-refractivity contribution >= 4 is 18.1 Å². The van der Waals surface area contributed by atoms with Gasteiger partial charge in [-0.1, -0.05) is 18.7 Å². The van der Waals surface area contributed by atoms with Crippen molar-refractivity contribution in [3.05, 3.63) is 59.9 Å². The molecule has 0 aromatic heterocycles. The summed E-state index contributed by atoms with van der Waals surface area (Å²) >= 11 is 0. The lowest BCUT2D eigenvalue weighted by molar-refractivity contribution is -0.135. The Bertz CT molecular complexity index is 593. The number of ether oxygens (including phenoxy) is 1. The molecule has 0 atom stereocenters. The van der Waals surface area contributed by atoms with Gasteiger partial charge in [-0.3, -0.25) is 9.79 Å². The first kappa shape index (κ1) is 17.4. The minimum absolute atomic E-state index is 0.307. The zero-order valence-electron chi connectivity index (χ0n) is 12.8. The van der Waals surface area contributed by atoms with E-state index in [0.29, 0.717) is 29.8 Å². The lowest BCUT2D eigenvalue weighted by Crippen LogP contribution is -2.22. The summed E-state index contributed by atoms with van der Waals surface area (Å²) in [5.74, 6) is -0.710. The molecule has 5 heteroatoms. The number of amides is 1. The van der Waals surface area contributed by atoms with Crippen molar-refractivity contribution in [3.8, 4) is 0 Å². The van der Waals surface area contributed by atoms with Crippen LogP contribution in [0.2, 0.25) is 0 Å². The number of hydrogen-bond donors (Lipinski definition) is 1. The molecule has 1 aliphatic carbocycles. The van der Waals surface area contributed by atoms with Crippen LogP contribution in [0.15, 0.2) is 64.9 Å². The van der Waals surface area contributed by atoms with Crippen LogP contribution in [-0.4, -0.2) is 31.7 Å². The summed E-state index contributed by atoms with van der Waals surface area (Å²) in [6.45, 7) is 6.31. The Labute approximate surface area is 130 Å². The van der Waals surface area contributed by atoms with Gasteiger partial charge >= 0.3 is 5.97 Å². The van der Waals surface area contributed by atoms with Gasteiger partial charge in [-0.2, -0.15) is 0 Å². The van der Waals surface area contributed by atoms with E-state index in [9.17, 15) is 9.59 Å². The Morgan fingerprint density at radius 2 is 2.18 bits per heavy atom. The maximum atomic E-state index is 12.0. The molecule has 1 rings (SSSR count). The van der Waals surface area contributed by atoms with Crippen LogP contribution in [0.5, 0.6) is 0 Å². The van der Waals surface area contributed by atoms with Crippen LogP contribution < -0.4 is 5.32 Å². The Morgan fingerprint density at radius 3 is 2.86 bits per heavy atom. The lowest BCUT2D eigenvalue weighted by Gasteiger charge is -2.05. The van der Waals surface area contributed by atoms with Gasteiger partial charge in [-0.15, -0.1) is 0 Å². The second-order valence-corrected chi connectivity index (χ2v) is 4.37. The molecule has 0 saturated heterocycles. The highest BCUT2D eigenvalue weighted by Gasteiger charge is 2.09. The molecule has 0 spiro atoms. The van der Waals surface area contributed by atoms with E-state index >= 15 is 0 Å². The zero-order chi connectivity index (χ0) is 16.4. The van der Waals surface area contributed by atoms with Crippen molar-refractivity contribution in [3.63, 3.8) is 0 Å². The van der Waals surface area contributed by atoms with Crippen molar-refractivity contribution in [2.24, 2.45) is 4.99 Å². The molecule has 5 nitrogen and oxygen atoms in total. The third-order valence-corrected chi connectivity index (χ3v) is 2.76. The summed E-state index contributed by atoms with van der Waals surface area (Å²) < 4.78 is 4.66. The van der Waals surface area contributed by atoms with E-state index in [0.717, 1.165) is 0 Å². The highest BCUT2D eigenvalue weighted by molar-refractivity contribution is 5.98. The van der Waals surface area contributed by atoms with Gasteiger partial charge in [0.2, 0.25) is 0 Å². The predicted molar refractivity (Wildman–Crippen MR) is 87.4 cm³/mol. The Kier molecular flexibility index (Phi) is 7.33. The monoisotopic (exact) mass is 300 g/mol. The van der Waals surface area contributed by atoms with Crippen molar-refractivity contribution in [2.45, 2.75) is 13.3 Å². The van der Waals surface area contributed by atoms with Crippen LogP contribution in [-0.2, 0) is 14.3 Å². The number of rotatable bonds is 6. The summed E-state index contributed by atoms with van der Waals surface area (Å²) in [5, 5.41) is 2.73. The maximum Gasteiger partial charge on any atom is 0.337 e. The molecule has 1 aliphatic rings. The number of hydrogen-bond acceptors (Lipinski definition) is 4. The van der Waals surface area contributed by atoms with Gasteiger partial charge in [0.25, 0.3) is 5.91 Å². The van der Waals surface area contributed by atoms with Crippen LogP contribution in [0, 0.1) is 0 Å². The van der Waals surface area contributed by atoms with Crippen LogP contribution in [0.25, 0.3) is 0 Å². The SMILES string of the molecule is C=C(/C=C\C=N/CC)C(=O)NC1=CCC=C(C(=O)OC)C=C1. The van der Waals surface area contributed by atoms with Crippen LogP contribution in [0.3, 0.4) is 0 Å². The van der Waals surface area contributed by atoms with Crippen LogP contribution >= 0.6 is 0 Å². The first-order chi connectivity index (χ1) is 10.6. The van der Waals surface area contributed by atoms with Crippen molar-refractivity contribution < 1.29 is 14.3 Å². The average molecular weight is 300 g/mol. The molecule has 0 aromatic rings.